The molecule has 2 heteroatoms. The van der Waals surface area contributed by atoms with Gasteiger partial charge < -0.3 is 10.8 Å². The highest BCUT2D eigenvalue weighted by atomic mass is 16.3. The van der Waals surface area contributed by atoms with Crippen LogP contribution in [-0.4, -0.2) is 5.11 Å². The Kier molecular flexibility index (Phi) is 2.86. The van der Waals surface area contributed by atoms with Crippen LogP contribution in [-0.2, 0) is 5.41 Å². The van der Waals surface area contributed by atoms with Gasteiger partial charge in [0.25, 0.3) is 0 Å². The number of nitrogen functional groups attached to an aromatic ring is 1. The van der Waals surface area contributed by atoms with Crippen LogP contribution in [0.25, 0.3) is 0 Å². The maximum atomic E-state index is 9.28. The molecule has 0 spiro atoms. The highest BCUT2D eigenvalue weighted by molar-refractivity contribution is 5.52. The van der Waals surface area contributed by atoms with E-state index in [1.807, 2.05) is 12.1 Å². The van der Waals surface area contributed by atoms with Crippen molar-refractivity contribution in [3.05, 3.63) is 36.2 Å². The molecule has 1 unspecified atom stereocenters. The van der Waals surface area contributed by atoms with Gasteiger partial charge in [-0.05, 0) is 29.5 Å². The molecule has 0 aliphatic rings. The van der Waals surface area contributed by atoms with Crippen LogP contribution in [0.1, 0.15) is 38.0 Å². The van der Waals surface area contributed by atoms with E-state index in [2.05, 4.69) is 27.7 Å². The summed E-state index contributed by atoms with van der Waals surface area (Å²) in [6.45, 7) is 9.87. The highest BCUT2D eigenvalue weighted by Gasteiger charge is 2.17. The van der Waals surface area contributed by atoms with Crippen molar-refractivity contribution >= 4 is 5.69 Å². The lowest BCUT2D eigenvalue weighted by Gasteiger charge is -2.22. The Morgan fingerprint density at radius 1 is 1.36 bits per heavy atom. The van der Waals surface area contributed by atoms with E-state index in [9.17, 15) is 5.11 Å². The zero-order chi connectivity index (χ0) is 10.9. The van der Waals surface area contributed by atoms with E-state index < -0.39 is 6.10 Å². The number of benzene rings is 1. The fourth-order valence-corrected chi connectivity index (χ4v) is 1.47. The second-order valence-electron chi connectivity index (χ2n) is 4.61. The Balaban J connectivity index is 3.15. The molecular weight excluding hydrogens is 174 g/mol. The van der Waals surface area contributed by atoms with Crippen molar-refractivity contribution in [3.8, 4) is 0 Å². The Bertz CT molecular complexity index is 324. The largest absolute Gasteiger partial charge is 0.398 e. The lowest BCUT2D eigenvalue weighted by molar-refractivity contribution is 0.226. The smallest absolute Gasteiger partial charge is 0.0791 e. The molecule has 0 heterocycles. The van der Waals surface area contributed by atoms with E-state index >= 15 is 0 Å². The maximum Gasteiger partial charge on any atom is 0.0791 e. The zero-order valence-corrected chi connectivity index (χ0v) is 9.04. The minimum Gasteiger partial charge on any atom is -0.398 e. The van der Waals surface area contributed by atoms with E-state index in [0.717, 1.165) is 16.8 Å². The van der Waals surface area contributed by atoms with Crippen LogP contribution in [0.3, 0.4) is 0 Å². The summed E-state index contributed by atoms with van der Waals surface area (Å²) < 4.78 is 0. The fraction of sp³-hybridized carbons (Fsp3) is 0.417. The molecule has 0 aliphatic carbocycles. The molecule has 1 aromatic carbocycles. The number of aliphatic hydroxyl groups excluding tert-OH is 1. The summed E-state index contributed by atoms with van der Waals surface area (Å²) in [4.78, 5) is 0. The number of nitrogens with two attached hydrogens (primary N) is 1. The molecular formula is C12H18NO. The number of anilines is 1. The molecule has 0 saturated carbocycles. The molecule has 1 radical (unpaired) electrons. The van der Waals surface area contributed by atoms with Gasteiger partial charge in [0.15, 0.2) is 0 Å². The van der Waals surface area contributed by atoms with E-state index in [0.29, 0.717) is 0 Å². The average molecular weight is 192 g/mol. The first-order valence-electron chi connectivity index (χ1n) is 4.73. The molecule has 1 aromatic rings. The number of aliphatic hydroxyl groups is 1. The van der Waals surface area contributed by atoms with Crippen molar-refractivity contribution in [2.24, 2.45) is 0 Å². The summed E-state index contributed by atoms with van der Waals surface area (Å²) in [5.41, 5.74) is 8.52. The molecule has 0 fully saturated rings. The molecule has 77 valence electrons. The Hall–Kier alpha value is -1.02. The average Bonchev–Trinajstić information content (AvgIpc) is 2.01. The topological polar surface area (TPSA) is 46.2 Å². The summed E-state index contributed by atoms with van der Waals surface area (Å²) >= 11 is 0. The summed E-state index contributed by atoms with van der Waals surface area (Å²) in [6.07, 6.45) is -0.702. The summed E-state index contributed by atoms with van der Waals surface area (Å²) in [5, 5.41) is 9.28. The Morgan fingerprint density at radius 3 is 2.29 bits per heavy atom. The van der Waals surface area contributed by atoms with Crippen LogP contribution in [0.4, 0.5) is 5.69 Å². The molecule has 3 N–H and O–H groups in total. The number of rotatable bonds is 1. The van der Waals surface area contributed by atoms with E-state index in [1.165, 1.54) is 0 Å². The third kappa shape index (κ3) is 2.26. The Morgan fingerprint density at radius 2 is 1.93 bits per heavy atom. The van der Waals surface area contributed by atoms with Crippen molar-refractivity contribution in [1.29, 1.82) is 0 Å². The van der Waals surface area contributed by atoms with Crippen molar-refractivity contribution in [2.45, 2.75) is 32.3 Å². The van der Waals surface area contributed by atoms with Gasteiger partial charge in [-0.15, -0.1) is 0 Å². The van der Waals surface area contributed by atoms with Crippen LogP contribution < -0.4 is 5.73 Å². The van der Waals surface area contributed by atoms with Crippen molar-refractivity contribution in [3.63, 3.8) is 0 Å². The minimum atomic E-state index is -0.702. The van der Waals surface area contributed by atoms with Crippen LogP contribution in [0.5, 0.6) is 0 Å². The monoisotopic (exact) mass is 192 g/mol. The molecule has 0 amide bonds. The second kappa shape index (κ2) is 3.62. The van der Waals surface area contributed by atoms with Gasteiger partial charge in [0.1, 0.15) is 0 Å². The molecule has 0 bridgehead atoms. The van der Waals surface area contributed by atoms with Crippen LogP contribution in [0.2, 0.25) is 0 Å². The van der Waals surface area contributed by atoms with E-state index in [1.54, 1.807) is 6.07 Å². The maximum absolute atomic E-state index is 9.28. The third-order valence-electron chi connectivity index (χ3n) is 2.27. The van der Waals surface area contributed by atoms with Gasteiger partial charge in [-0.1, -0.05) is 32.9 Å². The fourth-order valence-electron chi connectivity index (χ4n) is 1.47. The number of hydrogen-bond acceptors (Lipinski definition) is 2. The predicted octanol–water partition coefficient (Wildman–Crippen LogP) is 2.43. The quantitative estimate of drug-likeness (QED) is 0.671. The molecule has 0 aromatic heterocycles. The standard InChI is InChI=1S/C12H18NO/c1-8(14)9-5-6-10(11(13)7-9)12(2,3)4/h5-8,14H,1,13H2,2-4H3. The minimum absolute atomic E-state index is 0.0364. The van der Waals surface area contributed by atoms with Crippen molar-refractivity contribution in [1.82, 2.24) is 0 Å². The third-order valence-corrected chi connectivity index (χ3v) is 2.27. The van der Waals surface area contributed by atoms with Crippen LogP contribution >= 0.6 is 0 Å². The zero-order valence-electron chi connectivity index (χ0n) is 9.04. The van der Waals surface area contributed by atoms with Gasteiger partial charge in [0.2, 0.25) is 0 Å². The highest BCUT2D eigenvalue weighted by Crippen LogP contribution is 2.29. The first-order valence-corrected chi connectivity index (χ1v) is 4.73. The second-order valence-corrected chi connectivity index (χ2v) is 4.61. The van der Waals surface area contributed by atoms with Crippen molar-refractivity contribution in [2.75, 3.05) is 5.73 Å². The summed E-state index contributed by atoms with van der Waals surface area (Å²) in [7, 11) is 0. The first kappa shape index (κ1) is 11.1. The van der Waals surface area contributed by atoms with E-state index in [-0.39, 0.29) is 5.41 Å². The Labute approximate surface area is 85.8 Å². The van der Waals surface area contributed by atoms with E-state index in [4.69, 9.17) is 5.73 Å². The number of hydrogen-bond donors (Lipinski definition) is 2. The van der Waals surface area contributed by atoms with Gasteiger partial charge in [0.05, 0.1) is 6.10 Å². The van der Waals surface area contributed by atoms with Crippen LogP contribution in [0, 0.1) is 6.92 Å². The van der Waals surface area contributed by atoms with Crippen molar-refractivity contribution < 1.29 is 5.11 Å². The van der Waals surface area contributed by atoms with Gasteiger partial charge in [0, 0.05) is 5.69 Å². The lowest BCUT2D eigenvalue weighted by Crippen LogP contribution is -2.14. The molecule has 0 saturated heterocycles. The van der Waals surface area contributed by atoms with Gasteiger partial charge in [-0.2, -0.15) is 0 Å². The molecule has 2 nitrogen and oxygen atoms in total. The van der Waals surface area contributed by atoms with Gasteiger partial charge in [-0.25, -0.2) is 0 Å². The summed E-state index contributed by atoms with van der Waals surface area (Å²) in [6, 6.07) is 5.62. The van der Waals surface area contributed by atoms with Gasteiger partial charge >= 0.3 is 0 Å². The predicted molar refractivity (Wildman–Crippen MR) is 59.9 cm³/mol. The summed E-state index contributed by atoms with van der Waals surface area (Å²) in [5.74, 6) is 0. The molecule has 0 aliphatic heterocycles. The molecule has 1 rings (SSSR count). The first-order chi connectivity index (χ1) is 6.32. The molecule has 1 atom stereocenters. The normalized spacial score (nSPS) is 14.1. The van der Waals surface area contributed by atoms with Crippen LogP contribution in [0.15, 0.2) is 18.2 Å². The lowest BCUT2D eigenvalue weighted by atomic mass is 9.85. The van der Waals surface area contributed by atoms with Gasteiger partial charge in [-0.3, -0.25) is 0 Å². The molecule has 14 heavy (non-hydrogen) atoms. The SMILES string of the molecule is [CH2]C(O)c1ccc(C(C)(C)C)c(N)c1.